The molecular formula is C17H14ClN5O. The molecule has 0 atom stereocenters. The summed E-state index contributed by atoms with van der Waals surface area (Å²) in [6.45, 7) is 0.522. The molecule has 1 aromatic carbocycles. The Morgan fingerprint density at radius 2 is 1.96 bits per heavy atom. The van der Waals surface area contributed by atoms with Crippen molar-refractivity contribution in [2.24, 2.45) is 7.05 Å². The van der Waals surface area contributed by atoms with E-state index in [-0.39, 0.29) is 0 Å². The zero-order valence-corrected chi connectivity index (χ0v) is 13.7. The highest BCUT2D eigenvalue weighted by Gasteiger charge is 2.09. The van der Waals surface area contributed by atoms with Crippen molar-refractivity contribution in [3.05, 3.63) is 59.7 Å². The van der Waals surface area contributed by atoms with Crippen molar-refractivity contribution in [2.75, 3.05) is 5.32 Å². The number of nitrogens with zero attached hydrogens (tertiary/aromatic N) is 4. The average molecular weight is 340 g/mol. The molecule has 0 amide bonds. The first-order chi connectivity index (χ1) is 11.7. The molecule has 0 bridgehead atoms. The number of fused-ring (bicyclic) bond motifs is 1. The zero-order chi connectivity index (χ0) is 16.5. The lowest BCUT2D eigenvalue weighted by molar-refractivity contribution is 0.531. The minimum absolute atomic E-state index is 0.522. The second kappa shape index (κ2) is 5.98. The van der Waals surface area contributed by atoms with Crippen LogP contribution in [0.1, 0.15) is 5.76 Å². The summed E-state index contributed by atoms with van der Waals surface area (Å²) in [6, 6.07) is 11.4. The van der Waals surface area contributed by atoms with E-state index in [2.05, 4.69) is 20.4 Å². The van der Waals surface area contributed by atoms with Crippen LogP contribution < -0.4 is 5.32 Å². The van der Waals surface area contributed by atoms with Crippen molar-refractivity contribution in [1.82, 2.24) is 19.7 Å². The molecule has 1 N–H and O–H groups in total. The quantitative estimate of drug-likeness (QED) is 0.611. The number of halogens is 1. The Labute approximate surface area is 143 Å². The molecule has 0 saturated carbocycles. The lowest BCUT2D eigenvalue weighted by Crippen LogP contribution is -2.01. The molecule has 3 aromatic heterocycles. The molecule has 0 aliphatic rings. The van der Waals surface area contributed by atoms with Crippen molar-refractivity contribution in [2.45, 2.75) is 6.54 Å². The first-order valence-corrected chi connectivity index (χ1v) is 7.80. The lowest BCUT2D eigenvalue weighted by atomic mass is 10.2. The normalized spacial score (nSPS) is 11.1. The number of aromatic nitrogens is 4. The fourth-order valence-corrected chi connectivity index (χ4v) is 2.64. The van der Waals surface area contributed by atoms with Gasteiger partial charge in [-0.2, -0.15) is 5.10 Å². The van der Waals surface area contributed by atoms with Gasteiger partial charge in [0.05, 0.1) is 18.1 Å². The van der Waals surface area contributed by atoms with Crippen LogP contribution in [-0.4, -0.2) is 19.7 Å². The molecule has 24 heavy (non-hydrogen) atoms. The Morgan fingerprint density at radius 1 is 1.12 bits per heavy atom. The first-order valence-electron chi connectivity index (χ1n) is 7.42. The molecule has 0 saturated heterocycles. The third-order valence-electron chi connectivity index (χ3n) is 3.75. The van der Waals surface area contributed by atoms with Crippen LogP contribution in [0.5, 0.6) is 0 Å². The van der Waals surface area contributed by atoms with Crippen LogP contribution in [0.4, 0.5) is 5.82 Å². The standard InChI is InChI=1S/C17H14ClN5O/c1-23-17-14(9-22-23)16(20-10-21-17)19-8-13-6-7-15(24-13)11-2-4-12(18)5-3-11/h2-7,9-10H,8H2,1H3,(H,19,20,21). The smallest absolute Gasteiger partial charge is 0.163 e. The van der Waals surface area contributed by atoms with Gasteiger partial charge in [0, 0.05) is 17.6 Å². The number of aryl methyl sites for hydroxylation is 1. The SMILES string of the molecule is Cn1ncc2c(NCc3ccc(-c4ccc(Cl)cc4)o3)ncnc21. The molecule has 0 aliphatic carbocycles. The summed E-state index contributed by atoms with van der Waals surface area (Å²) in [4.78, 5) is 8.50. The summed E-state index contributed by atoms with van der Waals surface area (Å²) in [6.07, 6.45) is 3.27. The number of anilines is 1. The molecule has 120 valence electrons. The Bertz CT molecular complexity index is 990. The molecule has 3 heterocycles. The van der Waals surface area contributed by atoms with E-state index in [1.54, 1.807) is 10.9 Å². The van der Waals surface area contributed by atoms with E-state index in [1.165, 1.54) is 6.33 Å². The van der Waals surface area contributed by atoms with Crippen molar-refractivity contribution >= 4 is 28.5 Å². The van der Waals surface area contributed by atoms with Gasteiger partial charge in [-0.25, -0.2) is 9.97 Å². The van der Waals surface area contributed by atoms with Crippen molar-refractivity contribution in [3.8, 4) is 11.3 Å². The molecule has 0 fully saturated rings. The number of hydrogen-bond donors (Lipinski definition) is 1. The molecule has 0 spiro atoms. The predicted octanol–water partition coefficient (Wildman–Crippen LogP) is 3.89. The van der Waals surface area contributed by atoms with Gasteiger partial charge in [-0.15, -0.1) is 0 Å². The van der Waals surface area contributed by atoms with Gasteiger partial charge < -0.3 is 9.73 Å². The van der Waals surface area contributed by atoms with Crippen LogP contribution in [0.25, 0.3) is 22.4 Å². The molecule has 4 rings (SSSR count). The van der Waals surface area contributed by atoms with Gasteiger partial charge in [-0.1, -0.05) is 11.6 Å². The summed E-state index contributed by atoms with van der Waals surface area (Å²) in [7, 11) is 1.85. The van der Waals surface area contributed by atoms with E-state index in [0.29, 0.717) is 11.6 Å². The Morgan fingerprint density at radius 3 is 2.79 bits per heavy atom. The summed E-state index contributed by atoms with van der Waals surface area (Å²) in [5, 5.41) is 9.06. The third-order valence-corrected chi connectivity index (χ3v) is 4.00. The highest BCUT2D eigenvalue weighted by atomic mass is 35.5. The summed E-state index contributed by atoms with van der Waals surface area (Å²) < 4.78 is 7.59. The van der Waals surface area contributed by atoms with Gasteiger partial charge in [0.15, 0.2) is 5.65 Å². The van der Waals surface area contributed by atoms with Crippen molar-refractivity contribution < 1.29 is 4.42 Å². The van der Waals surface area contributed by atoms with E-state index in [9.17, 15) is 0 Å². The van der Waals surface area contributed by atoms with E-state index < -0.39 is 0 Å². The maximum Gasteiger partial charge on any atom is 0.163 e. The van der Waals surface area contributed by atoms with Gasteiger partial charge in [0.1, 0.15) is 23.7 Å². The molecule has 4 aromatic rings. The van der Waals surface area contributed by atoms with E-state index in [0.717, 1.165) is 33.9 Å². The second-order valence-electron chi connectivity index (χ2n) is 5.35. The highest BCUT2D eigenvalue weighted by molar-refractivity contribution is 6.30. The molecule has 0 unspecified atom stereocenters. The van der Waals surface area contributed by atoms with E-state index in [4.69, 9.17) is 16.0 Å². The average Bonchev–Trinajstić information content (AvgIpc) is 3.21. The lowest BCUT2D eigenvalue weighted by Gasteiger charge is -2.04. The van der Waals surface area contributed by atoms with Gasteiger partial charge in [-0.05, 0) is 36.4 Å². The topological polar surface area (TPSA) is 68.8 Å². The molecule has 7 heteroatoms. The van der Waals surface area contributed by atoms with Gasteiger partial charge >= 0.3 is 0 Å². The Hall–Kier alpha value is -2.86. The zero-order valence-electron chi connectivity index (χ0n) is 12.9. The third kappa shape index (κ3) is 2.72. The largest absolute Gasteiger partial charge is 0.459 e. The van der Waals surface area contributed by atoms with E-state index >= 15 is 0 Å². The number of nitrogens with one attached hydrogen (secondary N) is 1. The number of benzene rings is 1. The molecule has 6 nitrogen and oxygen atoms in total. The minimum atomic E-state index is 0.522. The summed E-state index contributed by atoms with van der Waals surface area (Å²) >= 11 is 5.91. The Balaban J connectivity index is 1.53. The first kappa shape index (κ1) is 14.7. The molecular weight excluding hydrogens is 326 g/mol. The summed E-state index contributed by atoms with van der Waals surface area (Å²) in [5.74, 6) is 2.35. The van der Waals surface area contributed by atoms with E-state index in [1.807, 2.05) is 43.4 Å². The molecule has 0 aliphatic heterocycles. The number of hydrogen-bond acceptors (Lipinski definition) is 5. The van der Waals surface area contributed by atoms with Crippen molar-refractivity contribution in [1.29, 1.82) is 0 Å². The minimum Gasteiger partial charge on any atom is -0.459 e. The van der Waals surface area contributed by atoms with Crippen LogP contribution in [0, 0.1) is 0 Å². The van der Waals surface area contributed by atoms with Crippen LogP contribution in [0.2, 0.25) is 5.02 Å². The predicted molar refractivity (Wildman–Crippen MR) is 92.8 cm³/mol. The number of rotatable bonds is 4. The van der Waals surface area contributed by atoms with Crippen LogP contribution in [-0.2, 0) is 13.6 Å². The fourth-order valence-electron chi connectivity index (χ4n) is 2.52. The van der Waals surface area contributed by atoms with Crippen LogP contribution >= 0.6 is 11.6 Å². The monoisotopic (exact) mass is 339 g/mol. The Kier molecular flexibility index (Phi) is 3.66. The maximum atomic E-state index is 5.91. The van der Waals surface area contributed by atoms with Crippen LogP contribution in [0.15, 0.2) is 53.3 Å². The van der Waals surface area contributed by atoms with Crippen molar-refractivity contribution in [3.63, 3.8) is 0 Å². The summed E-state index contributed by atoms with van der Waals surface area (Å²) in [5.41, 5.74) is 1.77. The molecule has 0 radical (unpaired) electrons. The van der Waals surface area contributed by atoms with Gasteiger partial charge in [-0.3, -0.25) is 4.68 Å². The van der Waals surface area contributed by atoms with Gasteiger partial charge in [0.2, 0.25) is 0 Å². The second-order valence-corrected chi connectivity index (χ2v) is 5.79. The maximum absolute atomic E-state index is 5.91. The highest BCUT2D eigenvalue weighted by Crippen LogP contribution is 2.25. The number of furan rings is 1. The van der Waals surface area contributed by atoms with Gasteiger partial charge in [0.25, 0.3) is 0 Å². The fraction of sp³-hybridized carbons (Fsp3) is 0.118. The van der Waals surface area contributed by atoms with Crippen LogP contribution in [0.3, 0.4) is 0 Å².